The van der Waals surface area contributed by atoms with Crippen LogP contribution in [-0.2, 0) is 27.4 Å². The maximum Gasteiger partial charge on any atom is 0.255 e. The Morgan fingerprint density at radius 2 is 1.93 bits per heavy atom. The van der Waals surface area contributed by atoms with Crippen molar-refractivity contribution in [3.8, 4) is 5.75 Å². The first kappa shape index (κ1) is 30.2. The normalized spacial score (nSPS) is 26.4. The molecule has 0 saturated carbocycles. The number of allylic oxidation sites excluding steroid dienone is 1. The van der Waals surface area contributed by atoms with Crippen molar-refractivity contribution in [2.75, 3.05) is 27.7 Å². The standard InChI is InChI=1S/C29H38N4O8/c1-28(2,3)12-31-10-15-7-14(11-32-41-6)16-8-13-9-17-21(33(4)5)24(36)20(27(30)39)26(38)29(17,40)25(37)18(13)23(35)19(16)22(15)34/h7,11,13,17,21,31,34,36-37,40H,8-10,12H2,1-6H3,(H2,30,39)/b32-11+/t13-,17-,21-,29-/m0/s1. The van der Waals surface area contributed by atoms with Crippen LogP contribution in [0.4, 0.5) is 0 Å². The first-order valence-corrected chi connectivity index (χ1v) is 13.4. The molecule has 0 fully saturated rings. The van der Waals surface area contributed by atoms with Crippen molar-refractivity contribution in [1.82, 2.24) is 10.2 Å². The second-order valence-corrected chi connectivity index (χ2v) is 12.4. The number of nitrogens with two attached hydrogens (primary N) is 1. The topological polar surface area (TPSA) is 195 Å². The molecule has 0 bridgehead atoms. The van der Waals surface area contributed by atoms with E-state index in [0.29, 0.717) is 23.2 Å². The van der Waals surface area contributed by atoms with Crippen molar-refractivity contribution in [2.24, 2.45) is 28.1 Å². The van der Waals surface area contributed by atoms with Gasteiger partial charge in [0.15, 0.2) is 11.4 Å². The lowest BCUT2D eigenvalue weighted by Crippen LogP contribution is -2.63. The van der Waals surface area contributed by atoms with E-state index in [2.05, 4.69) is 31.2 Å². The van der Waals surface area contributed by atoms with Gasteiger partial charge in [-0.2, -0.15) is 0 Å². The number of nitrogens with one attached hydrogen (secondary N) is 1. The molecule has 7 N–H and O–H groups in total. The fraction of sp³-hybridized carbons (Fsp3) is 0.517. The molecule has 4 atom stereocenters. The van der Waals surface area contributed by atoms with Gasteiger partial charge in [0.1, 0.15) is 30.0 Å². The summed E-state index contributed by atoms with van der Waals surface area (Å²) in [6, 6.07) is 0.660. The van der Waals surface area contributed by atoms with Gasteiger partial charge in [-0.3, -0.25) is 19.3 Å². The van der Waals surface area contributed by atoms with E-state index < -0.39 is 58.0 Å². The Kier molecular flexibility index (Phi) is 7.80. The van der Waals surface area contributed by atoms with E-state index in [1.165, 1.54) is 18.2 Å². The molecule has 4 rings (SSSR count). The molecule has 3 aliphatic carbocycles. The number of hydrogen-bond acceptors (Lipinski definition) is 11. The minimum atomic E-state index is -2.69. The number of Topliss-reactive ketones (excluding diaryl/α,β-unsaturated/α-hetero) is 2. The summed E-state index contributed by atoms with van der Waals surface area (Å²) in [6.07, 6.45) is 1.60. The number of phenolic OH excluding ortho intramolecular Hbond substituents is 1. The maximum atomic E-state index is 14.1. The fourth-order valence-electron chi connectivity index (χ4n) is 6.34. The molecule has 12 heteroatoms. The number of oxime groups is 1. The van der Waals surface area contributed by atoms with Crippen LogP contribution in [0.1, 0.15) is 54.2 Å². The highest BCUT2D eigenvalue weighted by molar-refractivity contribution is 6.25. The van der Waals surface area contributed by atoms with Gasteiger partial charge in [0.2, 0.25) is 5.78 Å². The molecule has 0 spiro atoms. The van der Waals surface area contributed by atoms with Crippen LogP contribution in [0, 0.1) is 17.3 Å². The minimum Gasteiger partial charge on any atom is -0.510 e. The Morgan fingerprint density at radius 3 is 2.49 bits per heavy atom. The summed E-state index contributed by atoms with van der Waals surface area (Å²) >= 11 is 0. The van der Waals surface area contributed by atoms with Gasteiger partial charge in [-0.05, 0) is 49.9 Å². The first-order valence-electron chi connectivity index (χ1n) is 13.4. The molecule has 1 amide bonds. The number of nitrogens with zero attached hydrogens (tertiary/aromatic N) is 2. The quantitative estimate of drug-likeness (QED) is 0.158. The van der Waals surface area contributed by atoms with E-state index in [1.807, 2.05) is 0 Å². The summed E-state index contributed by atoms with van der Waals surface area (Å²) in [5.41, 5.74) is 2.95. The van der Waals surface area contributed by atoms with Crippen molar-refractivity contribution in [2.45, 2.75) is 51.8 Å². The predicted molar refractivity (Wildman–Crippen MR) is 149 cm³/mol. The number of aromatic hydroxyl groups is 1. The van der Waals surface area contributed by atoms with Gasteiger partial charge in [-0.25, -0.2) is 0 Å². The van der Waals surface area contributed by atoms with Gasteiger partial charge < -0.3 is 36.3 Å². The number of aliphatic hydroxyl groups excluding tert-OH is 2. The van der Waals surface area contributed by atoms with E-state index in [9.17, 15) is 34.8 Å². The van der Waals surface area contributed by atoms with E-state index in [4.69, 9.17) is 10.6 Å². The molecule has 0 unspecified atom stereocenters. The van der Waals surface area contributed by atoms with Gasteiger partial charge in [0.05, 0.1) is 17.8 Å². The van der Waals surface area contributed by atoms with Crippen LogP contribution in [0.15, 0.2) is 33.9 Å². The van der Waals surface area contributed by atoms with Crippen molar-refractivity contribution in [1.29, 1.82) is 0 Å². The van der Waals surface area contributed by atoms with Gasteiger partial charge >= 0.3 is 0 Å². The number of phenols is 1. The molecule has 12 nitrogen and oxygen atoms in total. The average Bonchev–Trinajstić information content (AvgIpc) is 2.85. The number of hydrogen-bond donors (Lipinski definition) is 6. The van der Waals surface area contributed by atoms with Crippen LogP contribution in [-0.4, -0.2) is 88.4 Å². The van der Waals surface area contributed by atoms with E-state index >= 15 is 0 Å². The maximum absolute atomic E-state index is 14.1. The minimum absolute atomic E-state index is 0.00226. The molecule has 0 radical (unpaired) electrons. The molecule has 0 heterocycles. The smallest absolute Gasteiger partial charge is 0.255 e. The highest BCUT2D eigenvalue weighted by Gasteiger charge is 2.63. The molecule has 3 aliphatic rings. The molecule has 0 aliphatic heterocycles. The zero-order valence-electron chi connectivity index (χ0n) is 24.1. The van der Waals surface area contributed by atoms with Crippen LogP contribution in [0.5, 0.6) is 5.75 Å². The van der Waals surface area contributed by atoms with Gasteiger partial charge in [0, 0.05) is 35.7 Å². The van der Waals surface area contributed by atoms with Crippen molar-refractivity contribution < 1.29 is 39.6 Å². The lowest BCUT2D eigenvalue weighted by molar-refractivity contribution is -0.148. The number of benzene rings is 1. The third-order valence-electron chi connectivity index (χ3n) is 8.10. The summed E-state index contributed by atoms with van der Waals surface area (Å²) in [5, 5.41) is 52.6. The van der Waals surface area contributed by atoms with E-state index in [1.54, 1.807) is 20.2 Å². The van der Waals surface area contributed by atoms with Crippen molar-refractivity contribution >= 4 is 23.7 Å². The Hall–Kier alpha value is -3.74. The molecule has 1 aromatic rings. The summed E-state index contributed by atoms with van der Waals surface area (Å²) in [7, 11) is 4.54. The summed E-state index contributed by atoms with van der Waals surface area (Å²) in [5.74, 6) is -6.87. The number of carbonyl (C=O) groups is 3. The monoisotopic (exact) mass is 570 g/mol. The second-order valence-electron chi connectivity index (χ2n) is 12.4. The number of fused-ring (bicyclic) bond motifs is 3. The number of rotatable bonds is 7. The highest BCUT2D eigenvalue weighted by atomic mass is 16.6. The van der Waals surface area contributed by atoms with Crippen LogP contribution >= 0.6 is 0 Å². The third kappa shape index (κ3) is 4.89. The van der Waals surface area contributed by atoms with Crippen LogP contribution in [0.25, 0.3) is 0 Å². The lowest BCUT2D eigenvalue weighted by atomic mass is 9.58. The molecular formula is C29H38N4O8. The van der Waals surface area contributed by atoms with Crippen LogP contribution in [0.2, 0.25) is 0 Å². The van der Waals surface area contributed by atoms with E-state index in [0.717, 1.165) is 0 Å². The number of ketones is 2. The zero-order chi connectivity index (χ0) is 30.6. The van der Waals surface area contributed by atoms with Gasteiger partial charge in [-0.1, -0.05) is 25.9 Å². The number of carbonyl (C=O) groups excluding carboxylic acids is 3. The van der Waals surface area contributed by atoms with Gasteiger partial charge in [-0.15, -0.1) is 0 Å². The number of amides is 1. The predicted octanol–water partition coefficient (Wildman–Crippen LogP) is 1.24. The average molecular weight is 571 g/mol. The Morgan fingerprint density at radius 1 is 1.27 bits per heavy atom. The van der Waals surface area contributed by atoms with E-state index in [-0.39, 0.29) is 41.7 Å². The Bertz CT molecular complexity index is 1400. The third-order valence-corrected chi connectivity index (χ3v) is 8.10. The molecule has 222 valence electrons. The number of primary amides is 1. The molecule has 0 aromatic heterocycles. The second kappa shape index (κ2) is 10.6. The highest BCUT2D eigenvalue weighted by Crippen LogP contribution is 2.52. The molecule has 1 aromatic carbocycles. The summed E-state index contributed by atoms with van der Waals surface area (Å²) in [6.45, 7) is 7.01. The summed E-state index contributed by atoms with van der Waals surface area (Å²) in [4.78, 5) is 46.0. The number of aliphatic hydroxyl groups is 3. The van der Waals surface area contributed by atoms with Crippen LogP contribution in [0.3, 0.4) is 0 Å². The summed E-state index contributed by atoms with van der Waals surface area (Å²) < 4.78 is 0. The molecule has 0 saturated heterocycles. The van der Waals surface area contributed by atoms with Crippen molar-refractivity contribution in [3.63, 3.8) is 0 Å². The lowest BCUT2D eigenvalue weighted by Gasteiger charge is -2.50. The van der Waals surface area contributed by atoms with Crippen molar-refractivity contribution in [3.05, 3.63) is 51.0 Å². The largest absolute Gasteiger partial charge is 0.510 e. The zero-order valence-corrected chi connectivity index (χ0v) is 24.1. The Balaban J connectivity index is 1.90. The number of likely N-dealkylation sites (N-methyl/N-ethyl adjacent to an activating group) is 1. The molecule has 41 heavy (non-hydrogen) atoms. The van der Waals surface area contributed by atoms with Crippen LogP contribution < -0.4 is 11.1 Å². The molecular weight excluding hydrogens is 532 g/mol. The first-order chi connectivity index (χ1) is 19.1. The van der Waals surface area contributed by atoms with Gasteiger partial charge in [0.25, 0.3) is 5.91 Å². The fourth-order valence-corrected chi connectivity index (χ4v) is 6.34. The Labute approximate surface area is 238 Å². The SMILES string of the molecule is CO/N=C/c1cc(CNCC(C)(C)C)c(O)c2c1C[C@H]1C[C@H]3[C@H](N(C)C)C(O)=C(C(N)=O)C(=O)[C@@]3(O)C(O)=C1C2=O.